The van der Waals surface area contributed by atoms with Gasteiger partial charge in [-0.15, -0.1) is 0 Å². The highest BCUT2D eigenvalue weighted by atomic mass is 19.1. The molecule has 4 heteroatoms. The van der Waals surface area contributed by atoms with Crippen molar-refractivity contribution in [2.45, 2.75) is 25.8 Å². The minimum absolute atomic E-state index is 0.163. The van der Waals surface area contributed by atoms with Crippen molar-refractivity contribution >= 4 is 17.3 Å². The van der Waals surface area contributed by atoms with Crippen molar-refractivity contribution in [3.05, 3.63) is 59.4 Å². The van der Waals surface area contributed by atoms with Crippen molar-refractivity contribution in [2.24, 2.45) is 0 Å². The third-order valence-corrected chi connectivity index (χ3v) is 3.73. The first-order chi connectivity index (χ1) is 10.0. The van der Waals surface area contributed by atoms with Gasteiger partial charge in [0.15, 0.2) is 0 Å². The quantitative estimate of drug-likeness (QED) is 0.892. The summed E-state index contributed by atoms with van der Waals surface area (Å²) in [5.74, 6) is -0.0422. The predicted molar refractivity (Wildman–Crippen MR) is 81.9 cm³/mol. The van der Waals surface area contributed by atoms with E-state index in [-0.39, 0.29) is 11.7 Å². The lowest BCUT2D eigenvalue weighted by molar-refractivity contribution is -0.116. The van der Waals surface area contributed by atoms with E-state index in [1.807, 2.05) is 24.3 Å². The second-order valence-electron chi connectivity index (χ2n) is 5.57. The van der Waals surface area contributed by atoms with Crippen molar-refractivity contribution in [3.63, 3.8) is 0 Å². The lowest BCUT2D eigenvalue weighted by atomic mass is 10.0. The van der Waals surface area contributed by atoms with Crippen LogP contribution in [0.2, 0.25) is 0 Å². The SMILES string of the molecule is CC(C)c1ccc(NC2C(=O)Nc3ccc(F)cc32)cc1. The Balaban J connectivity index is 1.85. The average Bonchev–Trinajstić information content (AvgIpc) is 2.76. The summed E-state index contributed by atoms with van der Waals surface area (Å²) in [5.41, 5.74) is 3.39. The van der Waals surface area contributed by atoms with Crippen LogP contribution in [0.25, 0.3) is 0 Å². The van der Waals surface area contributed by atoms with Crippen LogP contribution in [0.3, 0.4) is 0 Å². The maximum atomic E-state index is 13.4. The smallest absolute Gasteiger partial charge is 0.251 e. The highest BCUT2D eigenvalue weighted by Gasteiger charge is 2.30. The van der Waals surface area contributed by atoms with Crippen LogP contribution < -0.4 is 10.6 Å². The van der Waals surface area contributed by atoms with Gasteiger partial charge < -0.3 is 10.6 Å². The van der Waals surface area contributed by atoms with Gasteiger partial charge in [0.25, 0.3) is 5.91 Å². The van der Waals surface area contributed by atoms with Crippen LogP contribution in [0.1, 0.15) is 36.9 Å². The third-order valence-electron chi connectivity index (χ3n) is 3.73. The van der Waals surface area contributed by atoms with Gasteiger partial charge in [-0.25, -0.2) is 4.39 Å². The minimum atomic E-state index is -0.555. The molecule has 2 aromatic rings. The summed E-state index contributed by atoms with van der Waals surface area (Å²) in [6, 6.07) is 11.7. The number of halogens is 1. The Morgan fingerprint density at radius 2 is 1.86 bits per heavy atom. The number of fused-ring (bicyclic) bond motifs is 1. The molecule has 2 aromatic carbocycles. The molecule has 3 nitrogen and oxygen atoms in total. The molecule has 3 rings (SSSR count). The van der Waals surface area contributed by atoms with E-state index >= 15 is 0 Å². The van der Waals surface area contributed by atoms with Crippen molar-refractivity contribution in [1.29, 1.82) is 0 Å². The van der Waals surface area contributed by atoms with Crippen LogP contribution in [0, 0.1) is 5.82 Å². The molecular formula is C17H17FN2O. The van der Waals surface area contributed by atoms with Crippen molar-refractivity contribution in [1.82, 2.24) is 0 Å². The Morgan fingerprint density at radius 1 is 1.14 bits per heavy atom. The number of anilines is 2. The van der Waals surface area contributed by atoms with Crippen LogP contribution in [-0.2, 0) is 4.79 Å². The monoisotopic (exact) mass is 284 g/mol. The number of hydrogen-bond donors (Lipinski definition) is 2. The molecule has 0 fully saturated rings. The molecule has 1 heterocycles. The fourth-order valence-electron chi connectivity index (χ4n) is 2.51. The van der Waals surface area contributed by atoms with Crippen LogP contribution in [0.5, 0.6) is 0 Å². The van der Waals surface area contributed by atoms with Gasteiger partial charge in [0.2, 0.25) is 0 Å². The average molecular weight is 284 g/mol. The fourth-order valence-corrected chi connectivity index (χ4v) is 2.51. The Hall–Kier alpha value is -2.36. The maximum Gasteiger partial charge on any atom is 0.251 e. The summed E-state index contributed by atoms with van der Waals surface area (Å²) in [5, 5.41) is 5.92. The molecule has 1 aliphatic heterocycles. The summed E-state index contributed by atoms with van der Waals surface area (Å²) in [6.07, 6.45) is 0. The number of hydrogen-bond acceptors (Lipinski definition) is 2. The molecular weight excluding hydrogens is 267 g/mol. The van der Waals surface area contributed by atoms with Crippen LogP contribution in [-0.4, -0.2) is 5.91 Å². The van der Waals surface area contributed by atoms with E-state index in [1.165, 1.54) is 17.7 Å². The van der Waals surface area contributed by atoms with E-state index in [0.717, 1.165) is 5.69 Å². The molecule has 0 aliphatic carbocycles. The zero-order valence-electron chi connectivity index (χ0n) is 12.0. The molecule has 2 N–H and O–H groups in total. The lowest BCUT2D eigenvalue weighted by Crippen LogP contribution is -2.19. The number of amides is 1. The van der Waals surface area contributed by atoms with Crippen LogP contribution >= 0.6 is 0 Å². The standard InChI is InChI=1S/C17H17FN2O/c1-10(2)11-3-6-13(7-4-11)19-16-14-9-12(18)5-8-15(14)20-17(16)21/h3-10,16,19H,1-2H3,(H,20,21). The van der Waals surface area contributed by atoms with Crippen LogP contribution in [0.4, 0.5) is 15.8 Å². The second kappa shape index (κ2) is 5.20. The molecule has 0 spiro atoms. The number of carbonyl (C=O) groups excluding carboxylic acids is 1. The first-order valence-corrected chi connectivity index (χ1v) is 7.01. The van der Waals surface area contributed by atoms with E-state index in [2.05, 4.69) is 24.5 Å². The fraction of sp³-hybridized carbons (Fsp3) is 0.235. The van der Waals surface area contributed by atoms with Gasteiger partial charge in [-0.3, -0.25) is 4.79 Å². The largest absolute Gasteiger partial charge is 0.370 e. The Bertz CT molecular complexity index is 680. The Morgan fingerprint density at radius 3 is 2.52 bits per heavy atom. The summed E-state index contributed by atoms with van der Waals surface area (Å²) < 4.78 is 13.4. The van der Waals surface area contributed by atoms with Gasteiger partial charge in [-0.2, -0.15) is 0 Å². The maximum absolute atomic E-state index is 13.4. The normalized spacial score (nSPS) is 16.8. The zero-order chi connectivity index (χ0) is 15.0. The van der Waals surface area contributed by atoms with Gasteiger partial charge in [0.05, 0.1) is 0 Å². The number of benzene rings is 2. The minimum Gasteiger partial charge on any atom is -0.370 e. The molecule has 108 valence electrons. The molecule has 0 bridgehead atoms. The Labute approximate surface area is 123 Å². The van der Waals surface area contributed by atoms with Crippen LogP contribution in [0.15, 0.2) is 42.5 Å². The van der Waals surface area contributed by atoms with Gasteiger partial charge in [-0.05, 0) is 41.8 Å². The molecule has 0 aromatic heterocycles. The lowest BCUT2D eigenvalue weighted by Gasteiger charge is -2.14. The molecule has 1 unspecified atom stereocenters. The summed E-state index contributed by atoms with van der Waals surface area (Å²) in [4.78, 5) is 12.0. The summed E-state index contributed by atoms with van der Waals surface area (Å²) in [6.45, 7) is 4.26. The molecule has 0 saturated heterocycles. The molecule has 1 atom stereocenters. The van der Waals surface area contributed by atoms with E-state index < -0.39 is 6.04 Å². The number of nitrogens with one attached hydrogen (secondary N) is 2. The van der Waals surface area contributed by atoms with Gasteiger partial charge in [0, 0.05) is 16.9 Å². The molecule has 0 saturated carbocycles. The second-order valence-corrected chi connectivity index (χ2v) is 5.57. The van der Waals surface area contributed by atoms with E-state index in [4.69, 9.17) is 0 Å². The zero-order valence-corrected chi connectivity index (χ0v) is 12.0. The number of carbonyl (C=O) groups is 1. The molecule has 1 amide bonds. The van der Waals surface area contributed by atoms with Crippen molar-refractivity contribution in [2.75, 3.05) is 10.6 Å². The predicted octanol–water partition coefficient (Wildman–Crippen LogP) is 4.05. The van der Waals surface area contributed by atoms with E-state index in [9.17, 15) is 9.18 Å². The molecule has 21 heavy (non-hydrogen) atoms. The molecule has 0 radical (unpaired) electrons. The number of rotatable bonds is 3. The third kappa shape index (κ3) is 2.61. The summed E-state index contributed by atoms with van der Waals surface area (Å²) >= 11 is 0. The van der Waals surface area contributed by atoms with E-state index in [0.29, 0.717) is 17.2 Å². The van der Waals surface area contributed by atoms with Gasteiger partial charge in [-0.1, -0.05) is 26.0 Å². The van der Waals surface area contributed by atoms with E-state index in [1.54, 1.807) is 6.07 Å². The highest BCUT2D eigenvalue weighted by molar-refractivity contribution is 6.04. The molecule has 1 aliphatic rings. The Kier molecular flexibility index (Phi) is 3.37. The van der Waals surface area contributed by atoms with Crippen molar-refractivity contribution < 1.29 is 9.18 Å². The first kappa shape index (κ1) is 13.6. The van der Waals surface area contributed by atoms with Crippen molar-refractivity contribution in [3.8, 4) is 0 Å². The first-order valence-electron chi connectivity index (χ1n) is 7.01. The summed E-state index contributed by atoms with van der Waals surface area (Å²) in [7, 11) is 0. The topological polar surface area (TPSA) is 41.1 Å². The highest BCUT2D eigenvalue weighted by Crippen LogP contribution is 2.33. The van der Waals surface area contributed by atoms with Gasteiger partial charge in [0.1, 0.15) is 11.9 Å². The van der Waals surface area contributed by atoms with Gasteiger partial charge >= 0.3 is 0 Å².